The standard InChI is InChI=1S/C46H32N2/c1-3-11-37(12-4-1)47-43-17-9-7-15-39(43)41-29-35(23-25-45(41)47)33-21-19-32-28-34(22-20-31(32)27-33)36-24-26-46-42(30-36)40-16-8-10-18-44(40)48(46)38-13-5-2-6-14-38/h1-23,25-30,36H,24H2. The molecule has 0 saturated heterocycles. The molecule has 2 nitrogen and oxygen atoms in total. The summed E-state index contributed by atoms with van der Waals surface area (Å²) >= 11 is 0. The van der Waals surface area contributed by atoms with Crippen LogP contribution in [0.15, 0.2) is 164 Å². The molecule has 0 aliphatic heterocycles. The lowest BCUT2D eigenvalue weighted by atomic mass is 9.89. The minimum atomic E-state index is 0.334. The van der Waals surface area contributed by atoms with Crippen LogP contribution in [-0.4, -0.2) is 9.13 Å². The second-order valence-electron chi connectivity index (χ2n) is 12.9. The van der Waals surface area contributed by atoms with Gasteiger partial charge in [0.15, 0.2) is 0 Å². The lowest BCUT2D eigenvalue weighted by molar-refractivity contribution is 0.909. The van der Waals surface area contributed by atoms with Gasteiger partial charge in [0, 0.05) is 44.0 Å². The molecule has 2 heteroatoms. The van der Waals surface area contributed by atoms with Crippen LogP contribution in [0.2, 0.25) is 0 Å². The van der Waals surface area contributed by atoms with Crippen LogP contribution in [0.4, 0.5) is 0 Å². The summed E-state index contributed by atoms with van der Waals surface area (Å²) in [6, 6.07) is 59.8. The molecule has 0 spiro atoms. The largest absolute Gasteiger partial charge is 0.310 e. The molecule has 0 saturated carbocycles. The third-order valence-corrected chi connectivity index (χ3v) is 10.2. The molecule has 2 aromatic heterocycles. The van der Waals surface area contributed by atoms with E-state index in [9.17, 15) is 0 Å². The number of rotatable bonds is 4. The van der Waals surface area contributed by atoms with Crippen molar-refractivity contribution in [2.75, 3.05) is 0 Å². The van der Waals surface area contributed by atoms with Gasteiger partial charge in [0.2, 0.25) is 0 Å². The zero-order chi connectivity index (χ0) is 31.6. The second-order valence-corrected chi connectivity index (χ2v) is 12.9. The molecule has 1 aliphatic carbocycles. The third kappa shape index (κ3) is 4.19. The van der Waals surface area contributed by atoms with Gasteiger partial charge in [-0.2, -0.15) is 0 Å². The van der Waals surface area contributed by atoms with E-state index < -0.39 is 0 Å². The van der Waals surface area contributed by atoms with E-state index in [1.807, 2.05) is 0 Å². The number of hydrogen-bond donors (Lipinski definition) is 0. The number of benzene rings is 7. The number of fused-ring (bicyclic) bond motifs is 7. The smallest absolute Gasteiger partial charge is 0.0541 e. The second kappa shape index (κ2) is 10.7. The van der Waals surface area contributed by atoms with Crippen molar-refractivity contribution in [3.63, 3.8) is 0 Å². The topological polar surface area (TPSA) is 9.86 Å². The molecule has 0 amide bonds. The van der Waals surface area contributed by atoms with Gasteiger partial charge in [-0.05, 0) is 88.5 Å². The summed E-state index contributed by atoms with van der Waals surface area (Å²) in [7, 11) is 0. The maximum absolute atomic E-state index is 2.49. The highest BCUT2D eigenvalue weighted by Crippen LogP contribution is 2.36. The van der Waals surface area contributed by atoms with Crippen LogP contribution in [-0.2, 0) is 0 Å². The fourth-order valence-corrected chi connectivity index (χ4v) is 7.94. The molecule has 0 bridgehead atoms. The van der Waals surface area contributed by atoms with Crippen molar-refractivity contribution in [2.24, 2.45) is 0 Å². The summed E-state index contributed by atoms with van der Waals surface area (Å²) in [5, 5.41) is 9.05. The highest BCUT2D eigenvalue weighted by atomic mass is 15.0. The van der Waals surface area contributed by atoms with Gasteiger partial charge >= 0.3 is 0 Å². The summed E-state index contributed by atoms with van der Waals surface area (Å²) < 4.78 is 4.79. The molecule has 2 heterocycles. The minimum absolute atomic E-state index is 0.334. The Bertz CT molecular complexity index is 2800. The summed E-state index contributed by atoms with van der Waals surface area (Å²) in [4.78, 5) is 0. The summed E-state index contributed by atoms with van der Waals surface area (Å²) in [5.41, 5.74) is 9.96. The number of nitrogens with zero attached hydrogens (tertiary/aromatic N) is 2. The van der Waals surface area contributed by atoms with Gasteiger partial charge in [0.1, 0.15) is 0 Å². The Kier molecular flexibility index (Phi) is 6.04. The van der Waals surface area contributed by atoms with Gasteiger partial charge in [0.05, 0.1) is 16.6 Å². The Morgan fingerprint density at radius 2 is 1.02 bits per heavy atom. The Morgan fingerprint density at radius 3 is 1.81 bits per heavy atom. The Hall–Kier alpha value is -6.12. The third-order valence-electron chi connectivity index (χ3n) is 10.2. The molecule has 1 unspecified atom stereocenters. The van der Waals surface area contributed by atoms with E-state index in [0.717, 1.165) is 6.42 Å². The molecular formula is C46H32N2. The van der Waals surface area contributed by atoms with Crippen LogP contribution < -0.4 is 10.6 Å². The molecule has 9 aromatic rings. The predicted molar refractivity (Wildman–Crippen MR) is 203 cm³/mol. The lowest BCUT2D eigenvalue weighted by Crippen LogP contribution is -2.31. The van der Waals surface area contributed by atoms with Crippen molar-refractivity contribution in [3.8, 4) is 22.5 Å². The highest BCUT2D eigenvalue weighted by Gasteiger charge is 2.17. The molecule has 0 radical (unpaired) electrons. The van der Waals surface area contributed by atoms with Gasteiger partial charge in [-0.3, -0.25) is 0 Å². The predicted octanol–water partition coefficient (Wildman–Crippen LogP) is 10.3. The Labute approximate surface area is 278 Å². The van der Waals surface area contributed by atoms with E-state index in [4.69, 9.17) is 0 Å². The number of hydrogen-bond acceptors (Lipinski definition) is 0. The summed E-state index contributed by atoms with van der Waals surface area (Å²) in [5.74, 6) is 0.334. The lowest BCUT2D eigenvalue weighted by Gasteiger charge is -2.16. The molecule has 0 fully saturated rings. The highest BCUT2D eigenvalue weighted by molar-refractivity contribution is 6.10. The summed E-state index contributed by atoms with van der Waals surface area (Å²) in [6.45, 7) is 0. The molecular weight excluding hydrogens is 581 g/mol. The van der Waals surface area contributed by atoms with E-state index in [-0.39, 0.29) is 0 Å². The average molecular weight is 613 g/mol. The van der Waals surface area contributed by atoms with Crippen LogP contribution in [0.5, 0.6) is 0 Å². The van der Waals surface area contributed by atoms with Gasteiger partial charge in [-0.1, -0.05) is 121 Å². The van der Waals surface area contributed by atoms with E-state index >= 15 is 0 Å². The zero-order valence-electron chi connectivity index (χ0n) is 26.4. The van der Waals surface area contributed by atoms with Crippen molar-refractivity contribution in [3.05, 3.63) is 180 Å². The Balaban J connectivity index is 1.04. The maximum Gasteiger partial charge on any atom is 0.0541 e. The fourth-order valence-electron chi connectivity index (χ4n) is 7.94. The first kappa shape index (κ1) is 27.0. The molecule has 7 aromatic carbocycles. The van der Waals surface area contributed by atoms with Crippen LogP contribution >= 0.6 is 0 Å². The SMILES string of the molecule is C1=c2c(n(-c3ccccc3)c3ccccc23)=CCC1c1ccc2cc(-c3ccc4c(c3)c3ccccc3n4-c3ccccc3)ccc2c1. The van der Waals surface area contributed by atoms with Crippen LogP contribution in [0.25, 0.3) is 78.1 Å². The van der Waals surface area contributed by atoms with E-state index in [2.05, 4.69) is 185 Å². The van der Waals surface area contributed by atoms with Crippen molar-refractivity contribution >= 4 is 55.6 Å². The Morgan fingerprint density at radius 1 is 0.438 bits per heavy atom. The molecule has 0 N–H and O–H groups in total. The van der Waals surface area contributed by atoms with E-state index in [1.54, 1.807) is 0 Å². The van der Waals surface area contributed by atoms with Crippen molar-refractivity contribution in [1.82, 2.24) is 9.13 Å². The number of para-hydroxylation sites is 4. The van der Waals surface area contributed by atoms with Gasteiger partial charge in [-0.25, -0.2) is 0 Å². The monoisotopic (exact) mass is 612 g/mol. The summed E-state index contributed by atoms with van der Waals surface area (Å²) in [6.07, 6.45) is 5.91. The quantitative estimate of drug-likeness (QED) is 0.187. The first-order chi connectivity index (χ1) is 23.8. The van der Waals surface area contributed by atoms with Crippen LogP contribution in [0.3, 0.4) is 0 Å². The molecule has 1 aliphatic rings. The molecule has 1 atom stereocenters. The van der Waals surface area contributed by atoms with Crippen molar-refractivity contribution in [2.45, 2.75) is 12.3 Å². The molecule has 48 heavy (non-hydrogen) atoms. The number of aromatic nitrogens is 2. The van der Waals surface area contributed by atoms with Gasteiger partial charge in [-0.15, -0.1) is 0 Å². The molecule has 226 valence electrons. The van der Waals surface area contributed by atoms with Crippen molar-refractivity contribution in [1.29, 1.82) is 0 Å². The minimum Gasteiger partial charge on any atom is -0.310 e. The average Bonchev–Trinajstić information content (AvgIpc) is 3.67. The van der Waals surface area contributed by atoms with E-state index in [1.165, 1.54) is 82.1 Å². The fraction of sp³-hybridized carbons (Fsp3) is 0.0435. The first-order valence-electron chi connectivity index (χ1n) is 16.8. The maximum atomic E-state index is 2.49. The van der Waals surface area contributed by atoms with Crippen LogP contribution in [0, 0.1) is 0 Å². The zero-order valence-corrected chi connectivity index (χ0v) is 26.4. The van der Waals surface area contributed by atoms with Crippen LogP contribution in [0.1, 0.15) is 17.9 Å². The van der Waals surface area contributed by atoms with Crippen molar-refractivity contribution < 1.29 is 0 Å². The normalized spacial score (nSPS) is 14.3. The first-order valence-corrected chi connectivity index (χ1v) is 16.8. The molecule has 10 rings (SSSR count). The van der Waals surface area contributed by atoms with E-state index in [0.29, 0.717) is 5.92 Å². The van der Waals surface area contributed by atoms with Gasteiger partial charge < -0.3 is 9.13 Å². The van der Waals surface area contributed by atoms with Gasteiger partial charge in [0.25, 0.3) is 0 Å².